The van der Waals surface area contributed by atoms with Gasteiger partial charge in [0, 0.05) is 12.2 Å². The Hall–Kier alpha value is -0.970. The Balaban J connectivity index is 2.92. The maximum Gasteiger partial charge on any atom is 0.353 e. The maximum atomic E-state index is 12.4. The first-order valence-corrected chi connectivity index (χ1v) is 7.01. The van der Waals surface area contributed by atoms with Crippen LogP contribution in [0.5, 0.6) is 0 Å². The first-order valence-electron chi connectivity index (χ1n) is 5.40. The van der Waals surface area contributed by atoms with E-state index in [0.29, 0.717) is 0 Å². The summed E-state index contributed by atoms with van der Waals surface area (Å²) in [6.45, 7) is 5.19. The molecule has 1 aliphatic heterocycles. The maximum absolute atomic E-state index is 12.4. The van der Waals surface area contributed by atoms with Crippen LogP contribution in [0.25, 0.3) is 0 Å². The van der Waals surface area contributed by atoms with Crippen molar-refractivity contribution in [3.8, 4) is 0 Å². The highest BCUT2D eigenvalue weighted by atomic mass is 31.2. The number of carbonyl (C=O) groups excluding carboxylic acids is 2. The number of hydrogen-bond donors (Lipinski definition) is 0. The average molecular weight is 261 g/mol. The van der Waals surface area contributed by atoms with Crippen molar-refractivity contribution in [1.82, 2.24) is 4.90 Å². The van der Waals surface area contributed by atoms with Crippen LogP contribution < -0.4 is 0 Å². The molecule has 0 saturated heterocycles. The fraction of sp³-hybridized carbons (Fsp3) is 0.600. The van der Waals surface area contributed by atoms with Crippen LogP contribution in [0.2, 0.25) is 0 Å². The van der Waals surface area contributed by atoms with E-state index in [9.17, 15) is 14.2 Å². The predicted molar refractivity (Wildman–Crippen MR) is 61.3 cm³/mol. The lowest BCUT2D eigenvalue weighted by atomic mass is 10.5. The summed E-state index contributed by atoms with van der Waals surface area (Å²) in [5.74, 6) is -1.92. The summed E-state index contributed by atoms with van der Waals surface area (Å²) < 4.78 is 22.6. The molecule has 2 amide bonds. The Labute approximate surface area is 100 Å². The number of hydrogen-bond acceptors (Lipinski definition) is 5. The highest BCUT2D eigenvalue weighted by molar-refractivity contribution is 7.54. The highest BCUT2D eigenvalue weighted by Gasteiger charge is 2.42. The van der Waals surface area contributed by atoms with Crippen molar-refractivity contribution in [3.63, 3.8) is 0 Å². The molecule has 17 heavy (non-hydrogen) atoms. The van der Waals surface area contributed by atoms with E-state index in [4.69, 9.17) is 9.05 Å². The van der Waals surface area contributed by atoms with Crippen molar-refractivity contribution >= 4 is 19.4 Å². The van der Waals surface area contributed by atoms with E-state index in [1.54, 1.807) is 13.8 Å². The molecule has 1 aliphatic rings. The SMILES string of the molecule is CCOP(=O)(OCC)C(C)N1C(=O)C=CC1=O. The molecule has 0 aliphatic carbocycles. The largest absolute Gasteiger partial charge is 0.353 e. The lowest BCUT2D eigenvalue weighted by molar-refractivity contribution is -0.137. The van der Waals surface area contributed by atoms with Gasteiger partial charge in [-0.2, -0.15) is 0 Å². The summed E-state index contributed by atoms with van der Waals surface area (Å²) in [4.78, 5) is 23.8. The van der Waals surface area contributed by atoms with Gasteiger partial charge in [0.15, 0.2) is 0 Å². The summed E-state index contributed by atoms with van der Waals surface area (Å²) in [7, 11) is -3.49. The Morgan fingerprint density at radius 1 is 1.18 bits per heavy atom. The van der Waals surface area contributed by atoms with Gasteiger partial charge < -0.3 is 9.05 Å². The zero-order chi connectivity index (χ0) is 13.1. The molecule has 0 saturated carbocycles. The predicted octanol–water partition coefficient (Wildman–Crippen LogP) is 1.52. The zero-order valence-electron chi connectivity index (χ0n) is 10.1. The third kappa shape index (κ3) is 2.83. The normalized spacial score (nSPS) is 17.9. The van der Waals surface area contributed by atoms with Crippen LogP contribution in [-0.4, -0.2) is 35.7 Å². The van der Waals surface area contributed by atoms with Crippen LogP contribution in [0.1, 0.15) is 20.8 Å². The lowest BCUT2D eigenvalue weighted by Gasteiger charge is -2.28. The molecule has 1 heterocycles. The molecule has 96 valence electrons. The van der Waals surface area contributed by atoms with Crippen molar-refractivity contribution in [2.75, 3.05) is 13.2 Å². The van der Waals surface area contributed by atoms with E-state index in [1.807, 2.05) is 0 Å². The van der Waals surface area contributed by atoms with E-state index in [1.165, 1.54) is 6.92 Å². The van der Waals surface area contributed by atoms with E-state index in [-0.39, 0.29) is 13.2 Å². The van der Waals surface area contributed by atoms with Crippen LogP contribution in [-0.2, 0) is 23.2 Å². The molecule has 0 bridgehead atoms. The lowest BCUT2D eigenvalue weighted by Crippen LogP contribution is -2.38. The van der Waals surface area contributed by atoms with Gasteiger partial charge >= 0.3 is 7.60 Å². The number of imide groups is 1. The molecule has 0 N–H and O–H groups in total. The average Bonchev–Trinajstić information content (AvgIpc) is 2.58. The Morgan fingerprint density at radius 3 is 1.94 bits per heavy atom. The van der Waals surface area contributed by atoms with Gasteiger partial charge in [0.2, 0.25) is 0 Å². The quantitative estimate of drug-likeness (QED) is 0.535. The fourth-order valence-electron chi connectivity index (χ4n) is 1.53. The molecular weight excluding hydrogens is 245 g/mol. The van der Waals surface area contributed by atoms with Gasteiger partial charge in [0.05, 0.1) is 13.2 Å². The van der Waals surface area contributed by atoms with Crippen LogP contribution in [0.4, 0.5) is 0 Å². The summed E-state index contributed by atoms with van der Waals surface area (Å²) >= 11 is 0. The summed E-state index contributed by atoms with van der Waals surface area (Å²) in [6, 6.07) is 0. The molecule has 0 radical (unpaired) electrons. The number of amides is 2. The number of nitrogens with zero attached hydrogens (tertiary/aromatic N) is 1. The van der Waals surface area contributed by atoms with Crippen LogP contribution in [0, 0.1) is 0 Å². The molecule has 0 spiro atoms. The first-order chi connectivity index (χ1) is 7.96. The minimum Gasteiger partial charge on any atom is -0.307 e. The molecule has 0 fully saturated rings. The van der Waals surface area contributed by atoms with Crippen molar-refractivity contribution in [3.05, 3.63) is 12.2 Å². The van der Waals surface area contributed by atoms with Crippen molar-refractivity contribution < 1.29 is 23.2 Å². The first kappa shape index (κ1) is 14.1. The van der Waals surface area contributed by atoms with Gasteiger partial charge in [-0.25, -0.2) is 0 Å². The van der Waals surface area contributed by atoms with Crippen LogP contribution in [0.15, 0.2) is 12.2 Å². The van der Waals surface area contributed by atoms with Gasteiger partial charge in [-0.1, -0.05) is 0 Å². The van der Waals surface area contributed by atoms with E-state index in [2.05, 4.69) is 0 Å². The van der Waals surface area contributed by atoms with Crippen molar-refractivity contribution in [2.45, 2.75) is 26.6 Å². The molecular formula is C10H16NO5P. The second kappa shape index (κ2) is 5.58. The second-order valence-electron chi connectivity index (χ2n) is 3.39. The topological polar surface area (TPSA) is 72.9 Å². The fourth-order valence-corrected chi connectivity index (χ4v) is 3.27. The summed E-state index contributed by atoms with van der Waals surface area (Å²) in [6.07, 6.45) is 2.28. The second-order valence-corrected chi connectivity index (χ2v) is 5.73. The Bertz CT molecular complexity index is 364. The van der Waals surface area contributed by atoms with Gasteiger partial charge in [0.25, 0.3) is 11.8 Å². The molecule has 0 aromatic rings. The molecule has 0 aromatic heterocycles. The molecule has 1 atom stereocenters. The summed E-state index contributed by atoms with van der Waals surface area (Å²) in [5.41, 5.74) is 0. The van der Waals surface area contributed by atoms with E-state index in [0.717, 1.165) is 17.1 Å². The standard InChI is InChI=1S/C10H16NO5P/c1-4-15-17(14,16-5-2)8(3)11-9(12)6-7-10(11)13/h6-8H,4-5H2,1-3H3. The molecule has 1 unspecified atom stereocenters. The molecule has 7 heteroatoms. The third-order valence-corrected chi connectivity index (χ3v) is 4.68. The van der Waals surface area contributed by atoms with Gasteiger partial charge in [-0.05, 0) is 20.8 Å². The van der Waals surface area contributed by atoms with Crippen LogP contribution >= 0.6 is 7.60 Å². The van der Waals surface area contributed by atoms with Crippen molar-refractivity contribution in [1.29, 1.82) is 0 Å². The molecule has 1 rings (SSSR count). The Morgan fingerprint density at radius 2 is 1.59 bits per heavy atom. The van der Waals surface area contributed by atoms with Gasteiger partial charge in [0.1, 0.15) is 5.78 Å². The monoisotopic (exact) mass is 261 g/mol. The van der Waals surface area contributed by atoms with Crippen LogP contribution in [0.3, 0.4) is 0 Å². The zero-order valence-corrected chi connectivity index (χ0v) is 11.0. The molecule has 0 aromatic carbocycles. The van der Waals surface area contributed by atoms with Crippen molar-refractivity contribution in [2.24, 2.45) is 0 Å². The number of carbonyl (C=O) groups is 2. The minimum absolute atomic E-state index is 0.186. The van der Waals surface area contributed by atoms with E-state index < -0.39 is 25.2 Å². The third-order valence-electron chi connectivity index (χ3n) is 2.29. The van der Waals surface area contributed by atoms with Gasteiger partial charge in [-0.3, -0.25) is 19.1 Å². The minimum atomic E-state index is -3.49. The summed E-state index contributed by atoms with van der Waals surface area (Å²) in [5, 5.41) is 0. The van der Waals surface area contributed by atoms with Gasteiger partial charge in [-0.15, -0.1) is 0 Å². The molecule has 6 nitrogen and oxygen atoms in total. The highest BCUT2D eigenvalue weighted by Crippen LogP contribution is 2.54. The van der Waals surface area contributed by atoms with E-state index >= 15 is 0 Å². The Kier molecular flexibility index (Phi) is 4.62. The number of rotatable bonds is 6. The smallest absolute Gasteiger partial charge is 0.307 e.